The summed E-state index contributed by atoms with van der Waals surface area (Å²) < 4.78 is 28.5. The lowest BCUT2D eigenvalue weighted by Gasteiger charge is -2.34. The Morgan fingerprint density at radius 2 is 1.60 bits per heavy atom. The molecule has 2 unspecified atom stereocenters. The van der Waals surface area contributed by atoms with Gasteiger partial charge in [-0.15, -0.1) is 0 Å². The molecule has 25 heavy (non-hydrogen) atoms. The molecule has 0 radical (unpaired) electrons. The maximum atomic E-state index is 13.2. The Balaban J connectivity index is 6.30. The van der Waals surface area contributed by atoms with Crippen LogP contribution in [0.3, 0.4) is 0 Å². The second-order valence-electron chi connectivity index (χ2n) is 5.09. The summed E-state index contributed by atoms with van der Waals surface area (Å²) >= 11 is 0. The van der Waals surface area contributed by atoms with Crippen molar-refractivity contribution in [3.8, 4) is 0 Å². The van der Waals surface area contributed by atoms with Crippen LogP contribution in [0.25, 0.3) is 0 Å². The Labute approximate surface area is 148 Å². The molecule has 10 heteroatoms. The molecular formula is C15H28NO8P. The van der Waals surface area contributed by atoms with Crippen LogP contribution in [0.1, 0.15) is 41.5 Å². The number of hydrogen-bond donors (Lipinski definition) is 1. The van der Waals surface area contributed by atoms with E-state index in [9.17, 15) is 19.3 Å². The SMILES string of the molecule is CCO/N=C(\C(C)=O)C(C)(O)C(C(=O)OCC)P(=O)(OCC)OCC. The summed E-state index contributed by atoms with van der Waals surface area (Å²) in [5.74, 6) is -1.68. The summed E-state index contributed by atoms with van der Waals surface area (Å²) in [4.78, 5) is 29.2. The Hall–Kier alpha value is -1.28. The van der Waals surface area contributed by atoms with Gasteiger partial charge in [0.1, 0.15) is 12.2 Å². The lowest BCUT2D eigenvalue weighted by Crippen LogP contribution is -2.54. The summed E-state index contributed by atoms with van der Waals surface area (Å²) in [6, 6.07) is 0. The Bertz CT molecular complexity index is 522. The third kappa shape index (κ3) is 6.18. The number of hydrogen-bond acceptors (Lipinski definition) is 9. The van der Waals surface area contributed by atoms with Crippen molar-refractivity contribution in [2.45, 2.75) is 52.8 Å². The van der Waals surface area contributed by atoms with Gasteiger partial charge in [-0.1, -0.05) is 5.16 Å². The minimum atomic E-state index is -4.18. The molecule has 0 saturated carbocycles. The van der Waals surface area contributed by atoms with Gasteiger partial charge in [-0.2, -0.15) is 0 Å². The largest absolute Gasteiger partial charge is 0.465 e. The Morgan fingerprint density at radius 1 is 1.08 bits per heavy atom. The van der Waals surface area contributed by atoms with Gasteiger partial charge in [-0.3, -0.25) is 14.2 Å². The van der Waals surface area contributed by atoms with Gasteiger partial charge in [-0.25, -0.2) is 0 Å². The Morgan fingerprint density at radius 3 is 1.96 bits per heavy atom. The van der Waals surface area contributed by atoms with Crippen LogP contribution in [0, 0.1) is 0 Å². The summed E-state index contributed by atoms with van der Waals surface area (Å²) in [6.45, 7) is 8.58. The fraction of sp³-hybridized carbons (Fsp3) is 0.800. The maximum Gasteiger partial charge on any atom is 0.348 e. The van der Waals surface area contributed by atoms with E-state index in [2.05, 4.69) is 5.16 Å². The number of esters is 1. The van der Waals surface area contributed by atoms with Crippen molar-refractivity contribution in [2.75, 3.05) is 26.4 Å². The molecule has 0 spiro atoms. The summed E-state index contributed by atoms with van der Waals surface area (Å²) in [5.41, 5.74) is -4.58. The van der Waals surface area contributed by atoms with E-state index in [1.165, 1.54) is 0 Å². The van der Waals surface area contributed by atoms with Crippen molar-refractivity contribution in [1.82, 2.24) is 0 Å². The molecular weight excluding hydrogens is 353 g/mol. The normalized spacial score (nSPS) is 16.0. The van der Waals surface area contributed by atoms with Gasteiger partial charge in [0.2, 0.25) is 0 Å². The third-order valence-corrected chi connectivity index (χ3v) is 5.66. The first-order chi connectivity index (χ1) is 11.6. The second-order valence-corrected chi connectivity index (χ2v) is 7.20. The predicted octanol–water partition coefficient (Wildman–Crippen LogP) is 1.92. The highest BCUT2D eigenvalue weighted by molar-refractivity contribution is 7.56. The monoisotopic (exact) mass is 381 g/mol. The topological polar surface area (TPSA) is 121 Å². The lowest BCUT2D eigenvalue weighted by molar-refractivity contribution is -0.146. The molecule has 0 aromatic rings. The fourth-order valence-electron chi connectivity index (χ4n) is 2.21. The molecule has 0 aliphatic heterocycles. The van der Waals surface area contributed by atoms with Gasteiger partial charge in [0, 0.05) is 6.92 Å². The molecule has 0 amide bonds. The van der Waals surface area contributed by atoms with Crippen molar-refractivity contribution in [3.05, 3.63) is 0 Å². The zero-order valence-corrected chi connectivity index (χ0v) is 16.5. The molecule has 0 saturated heterocycles. The number of aliphatic hydroxyl groups is 1. The molecule has 2 atom stereocenters. The molecule has 1 N–H and O–H groups in total. The summed E-state index contributed by atoms with van der Waals surface area (Å²) in [5, 5.41) is 14.5. The minimum Gasteiger partial charge on any atom is -0.465 e. The number of carbonyl (C=O) groups is 2. The minimum absolute atomic E-state index is 0.0261. The van der Waals surface area contributed by atoms with Crippen LogP contribution in [0.5, 0.6) is 0 Å². The number of Topliss-reactive ketones (excluding diaryl/α,β-unsaturated/α-hetero) is 1. The standard InChI is InChI=1S/C15H28NO8P/c1-7-21-14(18)13(25(20,23-9-3)24-10-4)15(6,19)12(11(5)17)16-22-8-2/h13,19H,7-10H2,1-6H3/b16-12+. The van der Waals surface area contributed by atoms with Crippen LogP contribution < -0.4 is 0 Å². The van der Waals surface area contributed by atoms with E-state index < -0.39 is 36.3 Å². The van der Waals surface area contributed by atoms with Crippen LogP contribution in [-0.2, 0) is 32.8 Å². The zero-order chi connectivity index (χ0) is 19.7. The van der Waals surface area contributed by atoms with Crippen LogP contribution in [0.4, 0.5) is 0 Å². The van der Waals surface area contributed by atoms with Gasteiger partial charge < -0.3 is 23.7 Å². The quantitative estimate of drug-likeness (QED) is 0.236. The number of nitrogens with zero attached hydrogens (tertiary/aromatic N) is 1. The van der Waals surface area contributed by atoms with Gasteiger partial charge in [0.25, 0.3) is 0 Å². The summed E-state index contributed by atoms with van der Waals surface area (Å²) in [6.07, 6.45) is 0. The number of ether oxygens (including phenoxy) is 1. The first-order valence-corrected chi connectivity index (χ1v) is 9.72. The highest BCUT2D eigenvalue weighted by Crippen LogP contribution is 2.57. The van der Waals surface area contributed by atoms with Crippen molar-refractivity contribution in [1.29, 1.82) is 0 Å². The number of carbonyl (C=O) groups excluding carboxylic acids is 2. The highest BCUT2D eigenvalue weighted by Gasteiger charge is 2.57. The molecule has 0 aliphatic carbocycles. The highest BCUT2D eigenvalue weighted by atomic mass is 31.2. The van der Waals surface area contributed by atoms with Crippen LogP contribution in [0.2, 0.25) is 0 Å². The first kappa shape index (κ1) is 23.7. The number of ketones is 1. The molecule has 0 fully saturated rings. The maximum absolute atomic E-state index is 13.2. The smallest absolute Gasteiger partial charge is 0.348 e. The van der Waals surface area contributed by atoms with E-state index in [0.29, 0.717) is 0 Å². The first-order valence-electron chi connectivity index (χ1n) is 8.11. The van der Waals surface area contributed by atoms with Crippen molar-refractivity contribution in [3.63, 3.8) is 0 Å². The summed E-state index contributed by atoms with van der Waals surface area (Å²) in [7, 11) is -4.18. The van der Waals surface area contributed by atoms with Crippen LogP contribution in [0.15, 0.2) is 5.16 Å². The van der Waals surface area contributed by atoms with Crippen molar-refractivity contribution < 1.29 is 37.9 Å². The number of rotatable bonds is 12. The van der Waals surface area contributed by atoms with Gasteiger partial charge in [0.05, 0.1) is 19.8 Å². The Kier molecular flexibility index (Phi) is 10.1. The van der Waals surface area contributed by atoms with E-state index in [1.807, 2.05) is 0 Å². The lowest BCUT2D eigenvalue weighted by atomic mass is 9.93. The van der Waals surface area contributed by atoms with Gasteiger partial charge in [0.15, 0.2) is 17.2 Å². The number of oxime groups is 1. The van der Waals surface area contributed by atoms with E-state index in [4.69, 9.17) is 18.6 Å². The average molecular weight is 381 g/mol. The zero-order valence-electron chi connectivity index (χ0n) is 15.6. The molecule has 0 aromatic heterocycles. The van der Waals surface area contributed by atoms with E-state index in [1.54, 1.807) is 27.7 Å². The van der Waals surface area contributed by atoms with E-state index >= 15 is 0 Å². The molecule has 0 bridgehead atoms. The molecule has 0 aliphatic rings. The molecule has 9 nitrogen and oxygen atoms in total. The molecule has 0 aromatic carbocycles. The molecule has 0 rings (SSSR count). The molecule has 0 heterocycles. The van der Waals surface area contributed by atoms with Gasteiger partial charge in [-0.05, 0) is 34.6 Å². The van der Waals surface area contributed by atoms with Crippen LogP contribution in [-0.4, -0.2) is 60.3 Å². The van der Waals surface area contributed by atoms with Crippen molar-refractivity contribution >= 4 is 25.1 Å². The fourth-order valence-corrected chi connectivity index (χ4v) is 4.37. The second kappa shape index (κ2) is 10.7. The third-order valence-electron chi connectivity index (χ3n) is 3.07. The van der Waals surface area contributed by atoms with Gasteiger partial charge >= 0.3 is 13.6 Å². The average Bonchev–Trinajstić information content (AvgIpc) is 2.47. The van der Waals surface area contributed by atoms with Crippen LogP contribution >= 0.6 is 7.60 Å². The van der Waals surface area contributed by atoms with E-state index in [-0.39, 0.29) is 26.4 Å². The van der Waals surface area contributed by atoms with E-state index in [0.717, 1.165) is 13.8 Å². The predicted molar refractivity (Wildman–Crippen MR) is 91.6 cm³/mol. The van der Waals surface area contributed by atoms with Crippen molar-refractivity contribution in [2.24, 2.45) is 5.16 Å². The molecule has 146 valence electrons.